The number of piperidine rings is 1. The zero-order chi connectivity index (χ0) is 17.1. The highest BCUT2D eigenvalue weighted by Crippen LogP contribution is 2.24. The Balaban J connectivity index is 1.55. The summed E-state index contributed by atoms with van der Waals surface area (Å²) in [6, 6.07) is 6.32. The van der Waals surface area contributed by atoms with Crippen molar-refractivity contribution in [1.82, 2.24) is 19.9 Å². The lowest BCUT2D eigenvalue weighted by Crippen LogP contribution is -2.38. The molecule has 1 aromatic heterocycles. The lowest BCUT2D eigenvalue weighted by Gasteiger charge is -2.32. The summed E-state index contributed by atoms with van der Waals surface area (Å²) in [5.41, 5.74) is 13.6. The Labute approximate surface area is 142 Å². The smallest absolute Gasteiger partial charge is 0.225 e. The fourth-order valence-corrected chi connectivity index (χ4v) is 2.93. The third-order valence-electron chi connectivity index (χ3n) is 4.25. The van der Waals surface area contributed by atoms with Gasteiger partial charge in [-0.25, -0.2) is 0 Å². The van der Waals surface area contributed by atoms with Crippen LogP contribution in [0, 0.1) is 13.8 Å². The molecule has 7 nitrogen and oxygen atoms in total. The lowest BCUT2D eigenvalue weighted by atomic mass is 10.1. The molecule has 7 heteroatoms. The van der Waals surface area contributed by atoms with Crippen molar-refractivity contribution in [3.63, 3.8) is 0 Å². The molecule has 1 aliphatic rings. The third-order valence-corrected chi connectivity index (χ3v) is 4.25. The highest BCUT2D eigenvalue weighted by molar-refractivity contribution is 5.36. The molecule has 1 aliphatic heterocycles. The highest BCUT2D eigenvalue weighted by Gasteiger charge is 2.22. The first-order valence-corrected chi connectivity index (χ1v) is 8.22. The van der Waals surface area contributed by atoms with Crippen LogP contribution in [0.25, 0.3) is 0 Å². The standard InChI is InChI=1S/C17H24N6O/c1-11-3-4-12(2)14(9-11)24-13-5-7-23(8-6-13)10-15-20-16(18)22-17(19)21-15/h3-4,9,13H,5-8,10H2,1-2H3,(H4,18,19,20,21,22). The minimum absolute atomic E-state index is 0.172. The van der Waals surface area contributed by atoms with E-state index >= 15 is 0 Å². The van der Waals surface area contributed by atoms with Crippen molar-refractivity contribution in [3.8, 4) is 5.75 Å². The van der Waals surface area contributed by atoms with Crippen LogP contribution < -0.4 is 16.2 Å². The summed E-state index contributed by atoms with van der Waals surface area (Å²) >= 11 is 0. The van der Waals surface area contributed by atoms with Crippen LogP contribution in [-0.4, -0.2) is 39.0 Å². The fourth-order valence-electron chi connectivity index (χ4n) is 2.93. The maximum atomic E-state index is 6.20. The van der Waals surface area contributed by atoms with E-state index in [9.17, 15) is 0 Å². The SMILES string of the molecule is Cc1ccc(C)c(OC2CCN(Cc3nc(N)nc(N)n3)CC2)c1. The number of ether oxygens (including phenoxy) is 1. The van der Waals surface area contributed by atoms with Crippen LogP contribution in [0.15, 0.2) is 18.2 Å². The molecule has 2 heterocycles. The van der Waals surface area contributed by atoms with Crippen molar-refractivity contribution in [2.45, 2.75) is 39.3 Å². The van der Waals surface area contributed by atoms with E-state index in [0.717, 1.165) is 31.7 Å². The Morgan fingerprint density at radius 1 is 1.08 bits per heavy atom. The summed E-state index contributed by atoms with van der Waals surface area (Å²) in [5.74, 6) is 1.96. The number of hydrogen-bond acceptors (Lipinski definition) is 7. The number of rotatable bonds is 4. The molecule has 128 valence electrons. The number of nitrogens with zero attached hydrogens (tertiary/aromatic N) is 4. The van der Waals surface area contributed by atoms with Crippen LogP contribution >= 0.6 is 0 Å². The Morgan fingerprint density at radius 3 is 2.42 bits per heavy atom. The first-order valence-electron chi connectivity index (χ1n) is 8.22. The van der Waals surface area contributed by atoms with Gasteiger partial charge in [-0.15, -0.1) is 0 Å². The first-order chi connectivity index (χ1) is 11.5. The molecule has 24 heavy (non-hydrogen) atoms. The van der Waals surface area contributed by atoms with E-state index in [1.54, 1.807) is 0 Å². The van der Waals surface area contributed by atoms with E-state index in [4.69, 9.17) is 16.2 Å². The molecule has 1 saturated heterocycles. The summed E-state index contributed by atoms with van der Waals surface area (Å²) < 4.78 is 6.20. The van der Waals surface area contributed by atoms with Crippen LogP contribution in [-0.2, 0) is 6.54 Å². The minimum atomic E-state index is 0.172. The molecular formula is C17H24N6O. The molecular weight excluding hydrogens is 304 g/mol. The molecule has 0 saturated carbocycles. The summed E-state index contributed by atoms with van der Waals surface area (Å²) in [5, 5.41) is 0. The van der Waals surface area contributed by atoms with Gasteiger partial charge in [0.15, 0.2) is 0 Å². The molecule has 3 rings (SSSR count). The zero-order valence-electron chi connectivity index (χ0n) is 14.2. The number of likely N-dealkylation sites (tertiary alicyclic amines) is 1. The molecule has 2 aromatic rings. The van der Waals surface area contributed by atoms with Gasteiger partial charge in [0.05, 0.1) is 6.54 Å². The number of aryl methyl sites for hydroxylation is 2. The van der Waals surface area contributed by atoms with E-state index < -0.39 is 0 Å². The van der Waals surface area contributed by atoms with Gasteiger partial charge in [0.2, 0.25) is 11.9 Å². The van der Waals surface area contributed by atoms with Gasteiger partial charge in [0, 0.05) is 13.1 Å². The predicted octanol–water partition coefficient (Wildman–Crippen LogP) is 1.70. The van der Waals surface area contributed by atoms with Gasteiger partial charge >= 0.3 is 0 Å². The fraction of sp³-hybridized carbons (Fsp3) is 0.471. The molecule has 1 aromatic carbocycles. The van der Waals surface area contributed by atoms with Crippen LogP contribution in [0.2, 0.25) is 0 Å². The van der Waals surface area contributed by atoms with E-state index in [1.807, 2.05) is 0 Å². The molecule has 4 N–H and O–H groups in total. The molecule has 0 amide bonds. The summed E-state index contributed by atoms with van der Waals surface area (Å²) in [6.45, 7) is 6.66. The molecule has 0 unspecified atom stereocenters. The second-order valence-electron chi connectivity index (χ2n) is 6.33. The molecule has 1 fully saturated rings. The van der Waals surface area contributed by atoms with E-state index in [-0.39, 0.29) is 18.0 Å². The Bertz CT molecular complexity index is 692. The second-order valence-corrected chi connectivity index (χ2v) is 6.33. The lowest BCUT2D eigenvalue weighted by molar-refractivity contribution is 0.0948. The number of aromatic nitrogens is 3. The Hall–Kier alpha value is -2.41. The van der Waals surface area contributed by atoms with Crippen molar-refractivity contribution in [2.75, 3.05) is 24.6 Å². The summed E-state index contributed by atoms with van der Waals surface area (Å²) in [7, 11) is 0. The topological polar surface area (TPSA) is 103 Å². The molecule has 0 spiro atoms. The number of anilines is 2. The molecule has 0 aliphatic carbocycles. The van der Waals surface area contributed by atoms with E-state index in [1.165, 1.54) is 11.1 Å². The van der Waals surface area contributed by atoms with Crippen LogP contribution in [0.3, 0.4) is 0 Å². The van der Waals surface area contributed by atoms with E-state index in [2.05, 4.69) is 51.9 Å². The van der Waals surface area contributed by atoms with Gasteiger partial charge in [0.25, 0.3) is 0 Å². The Morgan fingerprint density at radius 2 is 1.75 bits per heavy atom. The molecule has 0 atom stereocenters. The van der Waals surface area contributed by atoms with Crippen molar-refractivity contribution in [1.29, 1.82) is 0 Å². The first kappa shape index (κ1) is 16.4. The average Bonchev–Trinajstić information content (AvgIpc) is 2.52. The predicted molar refractivity (Wildman–Crippen MR) is 93.5 cm³/mol. The summed E-state index contributed by atoms with van der Waals surface area (Å²) in [4.78, 5) is 14.4. The van der Waals surface area contributed by atoms with Gasteiger partial charge in [-0.3, -0.25) is 4.90 Å². The number of hydrogen-bond donors (Lipinski definition) is 2. The van der Waals surface area contributed by atoms with Gasteiger partial charge in [0.1, 0.15) is 17.7 Å². The van der Waals surface area contributed by atoms with Crippen molar-refractivity contribution >= 4 is 11.9 Å². The van der Waals surface area contributed by atoms with Crippen molar-refractivity contribution in [3.05, 3.63) is 35.2 Å². The molecule has 0 radical (unpaired) electrons. The monoisotopic (exact) mass is 328 g/mol. The third kappa shape index (κ3) is 4.11. The van der Waals surface area contributed by atoms with Crippen molar-refractivity contribution < 1.29 is 4.74 Å². The summed E-state index contributed by atoms with van der Waals surface area (Å²) in [6.07, 6.45) is 2.20. The maximum absolute atomic E-state index is 6.20. The largest absolute Gasteiger partial charge is 0.490 e. The van der Waals surface area contributed by atoms with Gasteiger partial charge < -0.3 is 16.2 Å². The van der Waals surface area contributed by atoms with Crippen LogP contribution in [0.4, 0.5) is 11.9 Å². The zero-order valence-corrected chi connectivity index (χ0v) is 14.2. The number of nitrogen functional groups attached to an aromatic ring is 2. The minimum Gasteiger partial charge on any atom is -0.490 e. The van der Waals surface area contributed by atoms with E-state index in [0.29, 0.717) is 12.4 Å². The average molecular weight is 328 g/mol. The second kappa shape index (κ2) is 7.00. The van der Waals surface area contributed by atoms with Crippen LogP contribution in [0.1, 0.15) is 29.8 Å². The number of nitrogens with two attached hydrogens (primary N) is 2. The molecule has 0 bridgehead atoms. The van der Waals surface area contributed by atoms with Gasteiger partial charge in [-0.2, -0.15) is 15.0 Å². The van der Waals surface area contributed by atoms with Gasteiger partial charge in [-0.1, -0.05) is 12.1 Å². The Kier molecular flexibility index (Phi) is 4.80. The van der Waals surface area contributed by atoms with Crippen molar-refractivity contribution in [2.24, 2.45) is 0 Å². The number of benzene rings is 1. The quantitative estimate of drug-likeness (QED) is 0.880. The maximum Gasteiger partial charge on any atom is 0.225 e. The van der Waals surface area contributed by atoms with Crippen LogP contribution in [0.5, 0.6) is 5.75 Å². The highest BCUT2D eigenvalue weighted by atomic mass is 16.5. The normalized spacial score (nSPS) is 16.2. The van der Waals surface area contributed by atoms with Gasteiger partial charge in [-0.05, 0) is 43.9 Å².